The van der Waals surface area contributed by atoms with Crippen LogP contribution in [-0.2, 0) is 10.3 Å². The highest BCUT2D eigenvalue weighted by molar-refractivity contribution is 5.96. The second-order valence-corrected chi connectivity index (χ2v) is 6.27. The minimum atomic E-state index is -1.36. The number of anilines is 1. The molecule has 27 heavy (non-hydrogen) atoms. The normalized spacial score (nSPS) is 11.2. The van der Waals surface area contributed by atoms with Gasteiger partial charge in [-0.3, -0.25) is 19.7 Å². The first-order valence-corrected chi connectivity index (χ1v) is 8.00. The van der Waals surface area contributed by atoms with Crippen molar-refractivity contribution in [2.75, 3.05) is 5.32 Å². The van der Waals surface area contributed by atoms with Crippen LogP contribution in [0.25, 0.3) is 11.5 Å². The van der Waals surface area contributed by atoms with Gasteiger partial charge in [0.25, 0.3) is 17.2 Å². The fourth-order valence-corrected chi connectivity index (χ4v) is 2.44. The first-order chi connectivity index (χ1) is 12.8. The Morgan fingerprint density at radius 2 is 2.00 bits per heavy atom. The van der Waals surface area contributed by atoms with Crippen molar-refractivity contribution in [1.82, 2.24) is 9.78 Å². The van der Waals surface area contributed by atoms with Crippen molar-refractivity contribution in [3.05, 3.63) is 75.3 Å². The number of aromatic nitrogens is 2. The van der Waals surface area contributed by atoms with Gasteiger partial charge in [0.15, 0.2) is 5.76 Å². The maximum atomic E-state index is 12.8. The zero-order valence-corrected chi connectivity index (χ0v) is 14.6. The number of nitro groups is 1. The van der Waals surface area contributed by atoms with Gasteiger partial charge in [-0.1, -0.05) is 6.07 Å². The summed E-state index contributed by atoms with van der Waals surface area (Å²) in [6, 6.07) is 11.7. The van der Waals surface area contributed by atoms with Crippen LogP contribution in [0.3, 0.4) is 0 Å². The van der Waals surface area contributed by atoms with Gasteiger partial charge in [-0.05, 0) is 38.1 Å². The van der Waals surface area contributed by atoms with Crippen LogP contribution in [0, 0.1) is 10.1 Å². The molecular weight excluding hydrogens is 352 g/mol. The summed E-state index contributed by atoms with van der Waals surface area (Å²) < 4.78 is 6.33. The number of amides is 1. The zero-order valence-electron chi connectivity index (χ0n) is 14.6. The molecule has 2 heterocycles. The molecule has 0 atom stereocenters. The van der Waals surface area contributed by atoms with Gasteiger partial charge in [-0.2, -0.15) is 5.10 Å². The number of carbonyl (C=O) groups excluding carboxylic acids is 1. The lowest BCUT2D eigenvalue weighted by Gasteiger charge is -2.25. The summed E-state index contributed by atoms with van der Waals surface area (Å²) in [5, 5.41) is 17.7. The molecule has 0 aliphatic rings. The molecule has 0 radical (unpaired) electrons. The van der Waals surface area contributed by atoms with Crippen molar-refractivity contribution in [2.45, 2.75) is 19.4 Å². The van der Waals surface area contributed by atoms with Crippen LogP contribution in [0.1, 0.15) is 13.8 Å². The van der Waals surface area contributed by atoms with Crippen LogP contribution in [0.4, 0.5) is 11.4 Å². The Balaban J connectivity index is 1.93. The second kappa shape index (κ2) is 6.87. The van der Waals surface area contributed by atoms with Crippen LogP contribution in [0.15, 0.2) is 64.0 Å². The van der Waals surface area contributed by atoms with E-state index in [0.717, 1.165) is 4.68 Å². The van der Waals surface area contributed by atoms with E-state index in [-0.39, 0.29) is 11.4 Å². The zero-order chi connectivity index (χ0) is 19.6. The van der Waals surface area contributed by atoms with E-state index in [1.165, 1.54) is 56.5 Å². The summed E-state index contributed by atoms with van der Waals surface area (Å²) in [6.45, 7) is 3.06. The van der Waals surface area contributed by atoms with Crippen molar-refractivity contribution in [3.8, 4) is 11.5 Å². The van der Waals surface area contributed by atoms with E-state index in [2.05, 4.69) is 10.4 Å². The van der Waals surface area contributed by atoms with Gasteiger partial charge in [0.2, 0.25) is 0 Å². The van der Waals surface area contributed by atoms with Gasteiger partial charge in [-0.15, -0.1) is 0 Å². The summed E-state index contributed by atoms with van der Waals surface area (Å²) in [6.07, 6.45) is 1.48. The van der Waals surface area contributed by atoms with Gasteiger partial charge in [0.1, 0.15) is 11.2 Å². The molecule has 0 saturated carbocycles. The summed E-state index contributed by atoms with van der Waals surface area (Å²) >= 11 is 0. The van der Waals surface area contributed by atoms with Crippen molar-refractivity contribution in [2.24, 2.45) is 0 Å². The Morgan fingerprint density at radius 1 is 1.22 bits per heavy atom. The van der Waals surface area contributed by atoms with E-state index >= 15 is 0 Å². The van der Waals surface area contributed by atoms with Gasteiger partial charge in [0, 0.05) is 23.9 Å². The lowest BCUT2D eigenvalue weighted by Crippen LogP contribution is -2.47. The quantitative estimate of drug-likeness (QED) is 0.546. The summed E-state index contributed by atoms with van der Waals surface area (Å²) in [5.74, 6) is -0.0900. The predicted octanol–water partition coefficient (Wildman–Crippen LogP) is 2.79. The lowest BCUT2D eigenvalue weighted by atomic mass is 10.0. The molecule has 0 aliphatic carbocycles. The number of benzene rings is 1. The Hall–Kier alpha value is -3.75. The Bertz CT molecular complexity index is 1050. The maximum Gasteiger partial charge on any atom is 0.271 e. The van der Waals surface area contributed by atoms with Crippen LogP contribution in [-0.4, -0.2) is 20.6 Å². The number of carbonyl (C=O) groups is 1. The Labute approximate surface area is 153 Å². The number of nitrogens with one attached hydrogen (secondary N) is 1. The molecule has 3 aromatic rings. The first kappa shape index (κ1) is 18.1. The van der Waals surface area contributed by atoms with Crippen molar-refractivity contribution < 1.29 is 14.1 Å². The molecule has 0 spiro atoms. The third-order valence-corrected chi connectivity index (χ3v) is 3.97. The van der Waals surface area contributed by atoms with E-state index < -0.39 is 21.9 Å². The van der Waals surface area contributed by atoms with Crippen molar-refractivity contribution in [3.63, 3.8) is 0 Å². The number of hydrogen-bond donors (Lipinski definition) is 1. The van der Waals surface area contributed by atoms with E-state index in [4.69, 9.17) is 4.42 Å². The second-order valence-electron chi connectivity index (χ2n) is 6.27. The van der Waals surface area contributed by atoms with Crippen LogP contribution in [0.2, 0.25) is 0 Å². The number of non-ortho nitro benzene ring substituents is 1. The minimum absolute atomic E-state index is 0.152. The molecule has 1 aromatic carbocycles. The number of nitro benzene ring substituents is 1. The predicted molar refractivity (Wildman–Crippen MR) is 97.2 cm³/mol. The molecule has 9 heteroatoms. The van der Waals surface area contributed by atoms with E-state index in [0.29, 0.717) is 11.5 Å². The maximum absolute atomic E-state index is 12.8. The van der Waals surface area contributed by atoms with Gasteiger partial charge >= 0.3 is 0 Å². The topological polar surface area (TPSA) is 120 Å². The Morgan fingerprint density at radius 3 is 2.67 bits per heavy atom. The number of nitrogens with zero attached hydrogens (tertiary/aromatic N) is 3. The minimum Gasteiger partial charge on any atom is -0.463 e. The fraction of sp³-hybridized carbons (Fsp3) is 0.167. The smallest absolute Gasteiger partial charge is 0.271 e. The SMILES string of the molecule is CC(C)(C(=O)Nc1cccc([N+](=O)[O-])c1)n1nc(-c2ccco2)ccc1=O. The Kier molecular flexibility index (Phi) is 4.59. The van der Waals surface area contributed by atoms with E-state index in [1.54, 1.807) is 12.1 Å². The number of hydrogen-bond acceptors (Lipinski definition) is 6. The molecule has 1 amide bonds. The van der Waals surface area contributed by atoms with E-state index in [1.807, 2.05) is 0 Å². The van der Waals surface area contributed by atoms with E-state index in [9.17, 15) is 19.7 Å². The third-order valence-electron chi connectivity index (χ3n) is 3.97. The molecule has 0 aliphatic heterocycles. The largest absolute Gasteiger partial charge is 0.463 e. The summed E-state index contributed by atoms with van der Waals surface area (Å²) in [7, 11) is 0. The highest BCUT2D eigenvalue weighted by atomic mass is 16.6. The molecule has 1 N–H and O–H groups in total. The monoisotopic (exact) mass is 368 g/mol. The average Bonchev–Trinajstić information content (AvgIpc) is 3.16. The molecule has 9 nitrogen and oxygen atoms in total. The summed E-state index contributed by atoms with van der Waals surface area (Å²) in [4.78, 5) is 35.4. The first-order valence-electron chi connectivity index (χ1n) is 8.00. The van der Waals surface area contributed by atoms with Gasteiger partial charge < -0.3 is 9.73 Å². The molecular formula is C18H16N4O5. The highest BCUT2D eigenvalue weighted by Gasteiger charge is 2.32. The fourth-order valence-electron chi connectivity index (χ4n) is 2.44. The number of furan rings is 1. The third kappa shape index (κ3) is 3.61. The van der Waals surface area contributed by atoms with Crippen molar-refractivity contribution in [1.29, 1.82) is 0 Å². The van der Waals surface area contributed by atoms with Crippen LogP contribution >= 0.6 is 0 Å². The summed E-state index contributed by atoms with van der Waals surface area (Å²) in [5.41, 5.74) is -1.33. The molecule has 3 rings (SSSR count). The number of rotatable bonds is 5. The molecule has 0 unspecified atom stereocenters. The van der Waals surface area contributed by atoms with Crippen LogP contribution < -0.4 is 10.9 Å². The molecule has 2 aromatic heterocycles. The van der Waals surface area contributed by atoms with Crippen LogP contribution in [0.5, 0.6) is 0 Å². The highest BCUT2D eigenvalue weighted by Crippen LogP contribution is 2.22. The van der Waals surface area contributed by atoms with Gasteiger partial charge in [0.05, 0.1) is 11.2 Å². The van der Waals surface area contributed by atoms with Crippen molar-refractivity contribution >= 4 is 17.3 Å². The lowest BCUT2D eigenvalue weighted by molar-refractivity contribution is -0.384. The average molecular weight is 368 g/mol. The molecule has 0 saturated heterocycles. The molecule has 138 valence electrons. The molecule has 0 bridgehead atoms. The molecule has 0 fully saturated rings. The van der Waals surface area contributed by atoms with Gasteiger partial charge in [-0.25, -0.2) is 4.68 Å². The standard InChI is InChI=1S/C18H16N4O5/c1-18(2,17(24)19-12-5-3-6-13(11-12)22(25)26)21-16(23)9-8-14(20-21)15-7-4-10-27-15/h3-11H,1-2H3,(H,19,24).